The van der Waals surface area contributed by atoms with Gasteiger partial charge in [0.25, 0.3) is 0 Å². The van der Waals surface area contributed by atoms with Crippen LogP contribution in [0.25, 0.3) is 0 Å². The van der Waals surface area contributed by atoms with E-state index >= 15 is 0 Å². The number of fused-ring (bicyclic) bond motifs is 1. The molecule has 0 amide bonds. The molecule has 1 aliphatic rings. The van der Waals surface area contributed by atoms with Gasteiger partial charge in [0, 0.05) is 12.8 Å². The number of carbonyl (C=O) groups excluding carboxylic acids is 1. The van der Waals surface area contributed by atoms with E-state index in [1.807, 2.05) is 37.3 Å². The molecule has 84 valence electrons. The summed E-state index contributed by atoms with van der Waals surface area (Å²) < 4.78 is 5.96. The van der Waals surface area contributed by atoms with Crippen LogP contribution in [0, 0.1) is 0 Å². The molecule has 1 unspecified atom stereocenters. The maximum absolute atomic E-state index is 11.9. The van der Waals surface area contributed by atoms with Crippen LogP contribution in [-0.4, -0.2) is 11.4 Å². The summed E-state index contributed by atoms with van der Waals surface area (Å²) >= 11 is 0. The van der Waals surface area contributed by atoms with Crippen molar-refractivity contribution >= 4 is 5.78 Å². The fourth-order valence-corrected chi connectivity index (χ4v) is 2.06. The number of benzene rings is 1. The van der Waals surface area contributed by atoms with Gasteiger partial charge in [-0.2, -0.15) is 0 Å². The van der Waals surface area contributed by atoms with Crippen molar-refractivity contribution in [2.24, 2.45) is 0 Å². The molecule has 1 heterocycles. The summed E-state index contributed by atoms with van der Waals surface area (Å²) in [7, 11) is 0. The number of para-hydroxylation sites is 1. The van der Waals surface area contributed by atoms with Crippen LogP contribution in [0.15, 0.2) is 36.9 Å². The number of hydrogen-bond acceptors (Lipinski definition) is 2. The first-order chi connectivity index (χ1) is 7.64. The predicted molar refractivity (Wildman–Crippen MR) is 63.9 cm³/mol. The van der Waals surface area contributed by atoms with Crippen LogP contribution in [0.3, 0.4) is 0 Å². The third-order valence-corrected chi connectivity index (χ3v) is 3.00. The molecule has 0 N–H and O–H groups in total. The smallest absolute Gasteiger partial charge is 0.166 e. The minimum absolute atomic E-state index is 0.170. The lowest BCUT2D eigenvalue weighted by molar-refractivity contribution is 0.0810. The van der Waals surface area contributed by atoms with Gasteiger partial charge in [-0.15, -0.1) is 6.58 Å². The molecule has 0 aliphatic carbocycles. The highest BCUT2D eigenvalue weighted by Crippen LogP contribution is 2.33. The van der Waals surface area contributed by atoms with Crippen LogP contribution in [0.5, 0.6) is 5.75 Å². The van der Waals surface area contributed by atoms with Gasteiger partial charge in [-0.05, 0) is 25.5 Å². The topological polar surface area (TPSA) is 26.3 Å². The molecule has 0 radical (unpaired) electrons. The van der Waals surface area contributed by atoms with E-state index in [1.54, 1.807) is 0 Å². The second kappa shape index (κ2) is 4.12. The van der Waals surface area contributed by atoms with E-state index < -0.39 is 0 Å². The molecule has 1 aromatic rings. The quantitative estimate of drug-likeness (QED) is 0.708. The average Bonchev–Trinajstić information content (AvgIpc) is 2.38. The predicted octanol–water partition coefficient (Wildman–Crippen LogP) is 3.38. The molecule has 0 saturated carbocycles. The first-order valence-electron chi connectivity index (χ1n) is 5.57. The van der Waals surface area contributed by atoms with E-state index in [9.17, 15) is 4.79 Å². The van der Waals surface area contributed by atoms with E-state index in [0.717, 1.165) is 12.8 Å². The Bertz CT molecular complexity index is 422. The Morgan fingerprint density at radius 1 is 1.50 bits per heavy atom. The summed E-state index contributed by atoms with van der Waals surface area (Å²) in [6.45, 7) is 5.77. The second-order valence-corrected chi connectivity index (χ2v) is 4.46. The maximum atomic E-state index is 11.9. The number of ketones is 1. The summed E-state index contributed by atoms with van der Waals surface area (Å²) in [5, 5.41) is 0. The van der Waals surface area contributed by atoms with E-state index in [2.05, 4.69) is 6.58 Å². The van der Waals surface area contributed by atoms with Gasteiger partial charge in [0.2, 0.25) is 0 Å². The van der Waals surface area contributed by atoms with E-state index in [1.165, 1.54) is 0 Å². The molecule has 2 rings (SSSR count). The average molecular weight is 216 g/mol. The highest BCUT2D eigenvalue weighted by atomic mass is 16.5. The van der Waals surface area contributed by atoms with Gasteiger partial charge in [-0.3, -0.25) is 4.79 Å². The molecule has 0 fully saturated rings. The van der Waals surface area contributed by atoms with Gasteiger partial charge in [0.1, 0.15) is 11.4 Å². The lowest BCUT2D eigenvalue weighted by atomic mass is 9.95. The van der Waals surface area contributed by atoms with Crippen molar-refractivity contribution in [1.29, 1.82) is 0 Å². The van der Waals surface area contributed by atoms with Crippen LogP contribution in [0.1, 0.15) is 36.5 Å². The number of ether oxygens (including phenoxy) is 1. The molecular formula is C14H16O2. The summed E-state index contributed by atoms with van der Waals surface area (Å²) in [5.41, 5.74) is 0.402. The molecule has 2 heteroatoms. The minimum atomic E-state index is -0.302. The first kappa shape index (κ1) is 10.9. The Labute approximate surface area is 95.9 Å². The summed E-state index contributed by atoms with van der Waals surface area (Å²) in [4.78, 5) is 11.9. The molecule has 1 aliphatic heterocycles. The van der Waals surface area contributed by atoms with Crippen molar-refractivity contribution in [3.05, 3.63) is 42.5 Å². The maximum Gasteiger partial charge on any atom is 0.166 e. The van der Waals surface area contributed by atoms with Crippen LogP contribution in [0.2, 0.25) is 0 Å². The first-order valence-corrected chi connectivity index (χ1v) is 5.57. The third-order valence-electron chi connectivity index (χ3n) is 3.00. The zero-order valence-corrected chi connectivity index (χ0v) is 9.53. The van der Waals surface area contributed by atoms with E-state index in [0.29, 0.717) is 17.7 Å². The Kier molecular flexibility index (Phi) is 2.82. The van der Waals surface area contributed by atoms with Gasteiger partial charge in [-0.25, -0.2) is 0 Å². The molecule has 0 bridgehead atoms. The second-order valence-electron chi connectivity index (χ2n) is 4.46. The summed E-state index contributed by atoms with van der Waals surface area (Å²) in [5.74, 6) is 0.873. The molecule has 0 saturated heterocycles. The highest BCUT2D eigenvalue weighted by molar-refractivity contribution is 5.99. The minimum Gasteiger partial charge on any atom is -0.486 e. The van der Waals surface area contributed by atoms with Gasteiger partial charge in [0.05, 0.1) is 5.56 Å². The van der Waals surface area contributed by atoms with Crippen LogP contribution >= 0.6 is 0 Å². The SMILES string of the molecule is C=CCC1(C)CCC(=O)c2ccccc2O1. The largest absolute Gasteiger partial charge is 0.486 e. The van der Waals surface area contributed by atoms with Crippen molar-refractivity contribution in [1.82, 2.24) is 0 Å². The standard InChI is InChI=1S/C14H16O2/c1-3-9-14(2)10-8-12(15)11-6-4-5-7-13(11)16-14/h3-7H,1,8-10H2,2H3. The van der Waals surface area contributed by atoms with Gasteiger partial charge in [0.15, 0.2) is 5.78 Å². The van der Waals surface area contributed by atoms with Gasteiger partial charge >= 0.3 is 0 Å². The van der Waals surface area contributed by atoms with Gasteiger partial charge < -0.3 is 4.74 Å². The van der Waals surface area contributed by atoms with Crippen molar-refractivity contribution in [2.75, 3.05) is 0 Å². The number of hydrogen-bond donors (Lipinski definition) is 0. The number of carbonyl (C=O) groups is 1. The van der Waals surface area contributed by atoms with E-state index in [4.69, 9.17) is 4.74 Å². The number of rotatable bonds is 2. The molecule has 2 nitrogen and oxygen atoms in total. The zero-order chi connectivity index (χ0) is 11.6. The molecular weight excluding hydrogens is 200 g/mol. The summed E-state index contributed by atoms with van der Waals surface area (Å²) in [6.07, 6.45) is 3.89. The lowest BCUT2D eigenvalue weighted by Crippen LogP contribution is -2.30. The molecule has 16 heavy (non-hydrogen) atoms. The zero-order valence-electron chi connectivity index (χ0n) is 9.53. The van der Waals surface area contributed by atoms with Gasteiger partial charge in [-0.1, -0.05) is 18.2 Å². The lowest BCUT2D eigenvalue weighted by Gasteiger charge is -2.28. The van der Waals surface area contributed by atoms with Crippen LogP contribution < -0.4 is 4.74 Å². The monoisotopic (exact) mass is 216 g/mol. The molecule has 0 spiro atoms. The fourth-order valence-electron chi connectivity index (χ4n) is 2.06. The molecule has 1 aromatic carbocycles. The Hall–Kier alpha value is -1.57. The van der Waals surface area contributed by atoms with Crippen molar-refractivity contribution in [2.45, 2.75) is 31.8 Å². The summed E-state index contributed by atoms with van der Waals surface area (Å²) in [6, 6.07) is 7.46. The van der Waals surface area contributed by atoms with Crippen molar-refractivity contribution < 1.29 is 9.53 Å². The van der Waals surface area contributed by atoms with Crippen molar-refractivity contribution in [3.63, 3.8) is 0 Å². The normalized spacial score (nSPS) is 24.2. The van der Waals surface area contributed by atoms with Crippen LogP contribution in [0.4, 0.5) is 0 Å². The molecule has 1 atom stereocenters. The third kappa shape index (κ3) is 2.01. The van der Waals surface area contributed by atoms with Crippen LogP contribution in [-0.2, 0) is 0 Å². The number of Topliss-reactive ketones (excluding diaryl/α,β-unsaturated/α-hetero) is 1. The Morgan fingerprint density at radius 2 is 2.25 bits per heavy atom. The van der Waals surface area contributed by atoms with Crippen molar-refractivity contribution in [3.8, 4) is 5.75 Å². The molecule has 0 aromatic heterocycles. The highest BCUT2D eigenvalue weighted by Gasteiger charge is 2.31. The fraction of sp³-hybridized carbons (Fsp3) is 0.357. The van der Waals surface area contributed by atoms with E-state index in [-0.39, 0.29) is 11.4 Å². The Morgan fingerprint density at radius 3 is 3.00 bits per heavy atom. The Balaban J connectivity index is 2.38.